The predicted octanol–water partition coefficient (Wildman–Crippen LogP) is 4.25. The molecular weight excluding hydrogens is 184 g/mol. The summed E-state index contributed by atoms with van der Waals surface area (Å²) in [6, 6.07) is 0. The fourth-order valence-electron chi connectivity index (χ4n) is 1.81. The molecule has 0 aromatic heterocycles. The lowest BCUT2D eigenvalue weighted by atomic mass is 10.0. The summed E-state index contributed by atoms with van der Waals surface area (Å²) in [5.41, 5.74) is 1.66. The van der Waals surface area contributed by atoms with Gasteiger partial charge in [0.2, 0.25) is 0 Å². The number of allylic oxidation sites excluding steroid dienone is 3. The molecule has 1 fully saturated rings. The maximum atomic E-state index is 5.56. The Labute approximate surface area is 94.2 Å². The summed E-state index contributed by atoms with van der Waals surface area (Å²) in [7, 11) is 0. The minimum Gasteiger partial charge on any atom is -0.367 e. The van der Waals surface area contributed by atoms with Crippen molar-refractivity contribution in [2.24, 2.45) is 0 Å². The average molecular weight is 208 g/mol. The third kappa shape index (κ3) is 4.65. The van der Waals surface area contributed by atoms with Crippen LogP contribution >= 0.6 is 0 Å². The first-order chi connectivity index (χ1) is 7.06. The van der Waals surface area contributed by atoms with Crippen molar-refractivity contribution in [3.05, 3.63) is 24.3 Å². The summed E-state index contributed by atoms with van der Waals surface area (Å²) < 4.78 is 5.56. The molecule has 1 unspecified atom stereocenters. The summed E-state index contributed by atoms with van der Waals surface area (Å²) in [6.07, 6.45) is 10.7. The van der Waals surface area contributed by atoms with Gasteiger partial charge in [-0.05, 0) is 52.9 Å². The van der Waals surface area contributed by atoms with Gasteiger partial charge in [0.15, 0.2) is 0 Å². The first-order valence-electron chi connectivity index (χ1n) is 6.00. The van der Waals surface area contributed by atoms with Crippen molar-refractivity contribution >= 4 is 0 Å². The minimum atomic E-state index is 0.156. The van der Waals surface area contributed by atoms with Gasteiger partial charge in [-0.1, -0.05) is 17.7 Å². The topological polar surface area (TPSA) is 12.5 Å². The Bertz CT molecular complexity index is 238. The molecule has 1 aliphatic heterocycles. The van der Waals surface area contributed by atoms with E-state index in [1.54, 1.807) is 0 Å². The molecule has 86 valence electrons. The highest BCUT2D eigenvalue weighted by Gasteiger charge is 2.46. The van der Waals surface area contributed by atoms with Gasteiger partial charge < -0.3 is 4.74 Å². The van der Waals surface area contributed by atoms with Gasteiger partial charge in [0.05, 0.1) is 11.7 Å². The predicted molar refractivity (Wildman–Crippen MR) is 66.0 cm³/mol. The molecule has 0 amide bonds. The van der Waals surface area contributed by atoms with Crippen LogP contribution in [0.5, 0.6) is 0 Å². The van der Waals surface area contributed by atoms with Crippen LogP contribution in [0.3, 0.4) is 0 Å². The third-order valence-corrected chi connectivity index (χ3v) is 3.07. The van der Waals surface area contributed by atoms with Gasteiger partial charge in [0, 0.05) is 0 Å². The molecule has 1 heterocycles. The van der Waals surface area contributed by atoms with Crippen LogP contribution in [-0.4, -0.2) is 11.7 Å². The van der Waals surface area contributed by atoms with Crippen LogP contribution in [0.4, 0.5) is 0 Å². The Kier molecular flexibility index (Phi) is 4.59. The fourth-order valence-corrected chi connectivity index (χ4v) is 1.81. The molecule has 0 bridgehead atoms. The molecule has 1 aliphatic rings. The van der Waals surface area contributed by atoms with Crippen LogP contribution in [0, 0.1) is 0 Å². The standard InChI is InChI=1S/C14H24O/c1-5-6-7-8-9-12(2)10-11-13-14(3,4)15-13/h5,9,13H,1,6-8,10-11H2,2-4H3. The summed E-state index contributed by atoms with van der Waals surface area (Å²) in [5.74, 6) is 0. The first-order valence-corrected chi connectivity index (χ1v) is 6.00. The van der Waals surface area contributed by atoms with E-state index in [9.17, 15) is 0 Å². The minimum absolute atomic E-state index is 0.156. The zero-order chi connectivity index (χ0) is 11.3. The van der Waals surface area contributed by atoms with Gasteiger partial charge in [-0.3, -0.25) is 0 Å². The maximum absolute atomic E-state index is 5.56. The molecule has 0 aromatic rings. The first kappa shape index (κ1) is 12.5. The lowest BCUT2D eigenvalue weighted by molar-refractivity contribution is 0.320. The summed E-state index contributed by atoms with van der Waals surface area (Å²) in [5, 5.41) is 0. The van der Waals surface area contributed by atoms with E-state index in [4.69, 9.17) is 4.74 Å². The van der Waals surface area contributed by atoms with Crippen molar-refractivity contribution < 1.29 is 4.74 Å². The highest BCUT2D eigenvalue weighted by molar-refractivity contribution is 5.02. The third-order valence-electron chi connectivity index (χ3n) is 3.07. The largest absolute Gasteiger partial charge is 0.367 e. The van der Waals surface area contributed by atoms with Crippen LogP contribution in [0.15, 0.2) is 24.3 Å². The fraction of sp³-hybridized carbons (Fsp3) is 0.714. The molecule has 0 aromatic carbocycles. The molecule has 1 atom stereocenters. The SMILES string of the molecule is C=CCCCC=C(C)CCC1OC1(C)C. The molecule has 0 N–H and O–H groups in total. The van der Waals surface area contributed by atoms with Crippen LogP contribution in [0.2, 0.25) is 0 Å². The van der Waals surface area contributed by atoms with Crippen molar-refractivity contribution in [2.75, 3.05) is 0 Å². The highest BCUT2D eigenvalue weighted by atomic mass is 16.6. The Morgan fingerprint density at radius 1 is 1.40 bits per heavy atom. The number of hydrogen-bond acceptors (Lipinski definition) is 1. The number of epoxide rings is 1. The number of rotatable bonds is 7. The molecule has 0 radical (unpaired) electrons. The molecule has 1 saturated heterocycles. The van der Waals surface area contributed by atoms with Crippen molar-refractivity contribution in [3.63, 3.8) is 0 Å². The zero-order valence-electron chi connectivity index (χ0n) is 10.4. The van der Waals surface area contributed by atoms with Crippen LogP contribution < -0.4 is 0 Å². The Morgan fingerprint density at radius 3 is 2.60 bits per heavy atom. The summed E-state index contributed by atoms with van der Waals surface area (Å²) in [4.78, 5) is 0. The average Bonchev–Trinajstić information content (AvgIpc) is 2.78. The zero-order valence-corrected chi connectivity index (χ0v) is 10.4. The Hall–Kier alpha value is -0.560. The number of unbranched alkanes of at least 4 members (excludes halogenated alkanes) is 2. The monoisotopic (exact) mass is 208 g/mol. The Morgan fingerprint density at radius 2 is 2.07 bits per heavy atom. The van der Waals surface area contributed by atoms with E-state index in [2.05, 4.69) is 33.4 Å². The van der Waals surface area contributed by atoms with Crippen LogP contribution in [-0.2, 0) is 4.74 Å². The van der Waals surface area contributed by atoms with Crippen molar-refractivity contribution in [2.45, 2.75) is 64.6 Å². The maximum Gasteiger partial charge on any atom is 0.0892 e. The second-order valence-electron chi connectivity index (χ2n) is 5.02. The molecule has 15 heavy (non-hydrogen) atoms. The van der Waals surface area contributed by atoms with Gasteiger partial charge in [-0.15, -0.1) is 6.58 Å². The van der Waals surface area contributed by atoms with E-state index < -0.39 is 0 Å². The van der Waals surface area contributed by atoms with E-state index >= 15 is 0 Å². The van der Waals surface area contributed by atoms with E-state index in [1.807, 2.05) is 6.08 Å². The van der Waals surface area contributed by atoms with E-state index in [1.165, 1.54) is 31.3 Å². The van der Waals surface area contributed by atoms with Gasteiger partial charge in [-0.2, -0.15) is 0 Å². The van der Waals surface area contributed by atoms with Crippen molar-refractivity contribution in [1.82, 2.24) is 0 Å². The summed E-state index contributed by atoms with van der Waals surface area (Å²) in [6.45, 7) is 10.3. The molecular formula is C14H24O. The smallest absolute Gasteiger partial charge is 0.0892 e. The van der Waals surface area contributed by atoms with Crippen molar-refractivity contribution in [3.8, 4) is 0 Å². The van der Waals surface area contributed by atoms with Gasteiger partial charge >= 0.3 is 0 Å². The lowest BCUT2D eigenvalue weighted by Gasteiger charge is -2.00. The lowest BCUT2D eigenvalue weighted by Crippen LogP contribution is -2.02. The van der Waals surface area contributed by atoms with Gasteiger partial charge in [-0.25, -0.2) is 0 Å². The van der Waals surface area contributed by atoms with Crippen LogP contribution in [0.1, 0.15) is 52.9 Å². The number of ether oxygens (including phenoxy) is 1. The van der Waals surface area contributed by atoms with E-state index in [0.29, 0.717) is 6.10 Å². The van der Waals surface area contributed by atoms with Crippen LogP contribution in [0.25, 0.3) is 0 Å². The normalized spacial score (nSPS) is 23.9. The summed E-state index contributed by atoms with van der Waals surface area (Å²) >= 11 is 0. The molecule has 1 rings (SSSR count). The molecule has 1 heteroatoms. The van der Waals surface area contributed by atoms with Gasteiger partial charge in [0.1, 0.15) is 0 Å². The molecule has 0 aliphatic carbocycles. The quantitative estimate of drug-likeness (QED) is 0.346. The second kappa shape index (κ2) is 5.50. The molecule has 1 nitrogen and oxygen atoms in total. The molecule has 0 saturated carbocycles. The molecule has 0 spiro atoms. The van der Waals surface area contributed by atoms with Gasteiger partial charge in [0.25, 0.3) is 0 Å². The second-order valence-corrected chi connectivity index (χ2v) is 5.02. The number of hydrogen-bond donors (Lipinski definition) is 0. The van der Waals surface area contributed by atoms with Crippen molar-refractivity contribution in [1.29, 1.82) is 0 Å². The van der Waals surface area contributed by atoms with E-state index in [-0.39, 0.29) is 5.60 Å². The Balaban J connectivity index is 2.07. The van der Waals surface area contributed by atoms with E-state index in [0.717, 1.165) is 6.42 Å². The highest BCUT2D eigenvalue weighted by Crippen LogP contribution is 2.38.